The van der Waals surface area contributed by atoms with Crippen molar-refractivity contribution in [1.29, 1.82) is 0 Å². The van der Waals surface area contributed by atoms with Gasteiger partial charge in [0.05, 0.1) is 13.0 Å². The standard InChI is InChI=1S/C33H51N9O8/c1-20(2)13-14-26(43)36-15-7-6-11-23-30(48)40-22(12-8-16-37-33(34)35)29(47)38-19-27(44)39-25(18-28(45)46)32(50)42-24(31(49)41-23)17-21-9-4-3-5-10-21/h3-5,9-10,20,22-25H,6-8,11-19H2,1-2H3,(H,36,43)(H,38,47)(H,39,44)(H,40,48)(H,41,49)(H,42,50)(H,45,46)(H4,34,35,37)/t22-,23?,24-,25-/m0/s1. The minimum Gasteiger partial charge on any atom is -0.481 e. The van der Waals surface area contributed by atoms with E-state index in [2.05, 4.69) is 36.9 Å². The van der Waals surface area contributed by atoms with Crippen LogP contribution in [-0.4, -0.2) is 96.3 Å². The lowest BCUT2D eigenvalue weighted by atomic mass is 10.0. The van der Waals surface area contributed by atoms with Gasteiger partial charge in [-0.3, -0.25) is 38.6 Å². The molecule has 1 aromatic rings. The Morgan fingerprint density at radius 2 is 1.44 bits per heavy atom. The van der Waals surface area contributed by atoms with Gasteiger partial charge >= 0.3 is 5.97 Å². The SMILES string of the molecule is CC(C)CCC(=O)NCCCCC1NC(=O)[C@H](Cc2ccccc2)NC(=O)[C@H](CC(=O)O)NC(=O)CNC(=O)[C@H](CCCN=C(N)N)NC1=O. The van der Waals surface area contributed by atoms with E-state index in [0.29, 0.717) is 37.3 Å². The molecule has 1 aliphatic rings. The second-order valence-electron chi connectivity index (χ2n) is 12.5. The number of carboxylic acids is 1. The summed E-state index contributed by atoms with van der Waals surface area (Å²) in [6.45, 7) is 3.93. The second-order valence-corrected chi connectivity index (χ2v) is 12.5. The zero-order valence-corrected chi connectivity index (χ0v) is 28.7. The van der Waals surface area contributed by atoms with Crippen LogP contribution in [0.5, 0.6) is 0 Å². The number of guanidine groups is 1. The molecule has 11 N–H and O–H groups in total. The molecule has 1 unspecified atom stereocenters. The van der Waals surface area contributed by atoms with E-state index in [1.807, 2.05) is 13.8 Å². The monoisotopic (exact) mass is 701 g/mol. The quantitative estimate of drug-likeness (QED) is 0.0549. The Balaban J connectivity index is 2.37. The molecule has 0 aliphatic carbocycles. The molecule has 0 radical (unpaired) electrons. The molecule has 1 aliphatic heterocycles. The van der Waals surface area contributed by atoms with E-state index in [1.54, 1.807) is 30.3 Å². The maximum Gasteiger partial charge on any atom is 0.305 e. The molecule has 1 saturated heterocycles. The molecule has 1 aromatic carbocycles. The van der Waals surface area contributed by atoms with Gasteiger partial charge in [0.15, 0.2) is 5.96 Å². The maximum absolute atomic E-state index is 13.8. The number of amides is 6. The van der Waals surface area contributed by atoms with Crippen LogP contribution in [0.3, 0.4) is 0 Å². The van der Waals surface area contributed by atoms with Gasteiger partial charge in [0, 0.05) is 25.9 Å². The Hall–Kier alpha value is -5.22. The van der Waals surface area contributed by atoms with E-state index >= 15 is 0 Å². The van der Waals surface area contributed by atoms with Gasteiger partial charge in [-0.15, -0.1) is 0 Å². The summed E-state index contributed by atoms with van der Waals surface area (Å²) in [5.74, 6) is -5.20. The van der Waals surface area contributed by atoms with Crippen LogP contribution in [0.1, 0.15) is 70.8 Å². The number of nitrogens with zero attached hydrogens (tertiary/aromatic N) is 1. The number of hydrogen-bond acceptors (Lipinski definition) is 8. The van der Waals surface area contributed by atoms with Crippen LogP contribution in [0.25, 0.3) is 0 Å². The molecular weight excluding hydrogens is 650 g/mol. The van der Waals surface area contributed by atoms with Gasteiger partial charge in [0.25, 0.3) is 0 Å². The lowest BCUT2D eigenvalue weighted by Gasteiger charge is -2.26. The predicted molar refractivity (Wildman–Crippen MR) is 184 cm³/mol. The van der Waals surface area contributed by atoms with E-state index in [9.17, 15) is 38.7 Å². The molecule has 0 aromatic heterocycles. The van der Waals surface area contributed by atoms with Gasteiger partial charge < -0.3 is 48.5 Å². The van der Waals surface area contributed by atoms with E-state index in [4.69, 9.17) is 11.5 Å². The first kappa shape index (κ1) is 41.0. The highest BCUT2D eigenvalue weighted by Crippen LogP contribution is 2.10. The molecular formula is C33H51N9O8. The number of carbonyl (C=O) groups excluding carboxylic acids is 6. The number of aliphatic imine (C=N–C) groups is 1. The van der Waals surface area contributed by atoms with Crippen molar-refractivity contribution in [2.45, 2.75) is 95.8 Å². The van der Waals surface area contributed by atoms with Crippen LogP contribution < -0.4 is 43.4 Å². The van der Waals surface area contributed by atoms with Crippen LogP contribution in [0.15, 0.2) is 35.3 Å². The van der Waals surface area contributed by atoms with Crippen LogP contribution >= 0.6 is 0 Å². The van der Waals surface area contributed by atoms with Gasteiger partial charge in [0.1, 0.15) is 24.2 Å². The van der Waals surface area contributed by atoms with Gasteiger partial charge in [-0.1, -0.05) is 44.2 Å². The Morgan fingerprint density at radius 3 is 2.08 bits per heavy atom. The van der Waals surface area contributed by atoms with Crippen molar-refractivity contribution >= 4 is 47.4 Å². The number of carbonyl (C=O) groups is 7. The van der Waals surface area contributed by atoms with Crippen LogP contribution in [-0.2, 0) is 40.0 Å². The fourth-order valence-electron chi connectivity index (χ4n) is 5.05. The number of rotatable bonds is 16. The fraction of sp³-hybridized carbons (Fsp3) is 0.576. The van der Waals surface area contributed by atoms with Crippen LogP contribution in [0.2, 0.25) is 0 Å². The first-order valence-electron chi connectivity index (χ1n) is 16.8. The third-order valence-corrected chi connectivity index (χ3v) is 7.77. The average Bonchev–Trinajstić information content (AvgIpc) is 3.05. The first-order chi connectivity index (χ1) is 23.7. The summed E-state index contributed by atoms with van der Waals surface area (Å²) in [6, 6.07) is 3.54. The lowest BCUT2D eigenvalue weighted by Crippen LogP contribution is -2.58. The molecule has 0 saturated carbocycles. The van der Waals surface area contributed by atoms with Crippen molar-refractivity contribution < 1.29 is 38.7 Å². The molecule has 17 nitrogen and oxygen atoms in total. The van der Waals surface area contributed by atoms with Crippen LogP contribution in [0, 0.1) is 5.92 Å². The summed E-state index contributed by atoms with van der Waals surface area (Å²) in [5.41, 5.74) is 11.4. The Bertz CT molecular complexity index is 1350. The van der Waals surface area contributed by atoms with Crippen molar-refractivity contribution in [3.05, 3.63) is 35.9 Å². The topological polar surface area (TPSA) is 276 Å². The molecule has 0 bridgehead atoms. The highest BCUT2D eigenvalue weighted by atomic mass is 16.4. The Labute approximate surface area is 291 Å². The molecule has 0 spiro atoms. The molecule has 50 heavy (non-hydrogen) atoms. The van der Waals surface area contributed by atoms with E-state index in [1.165, 1.54) is 0 Å². The molecule has 1 fully saturated rings. The summed E-state index contributed by atoms with van der Waals surface area (Å²) in [5, 5.41) is 24.9. The molecule has 1 heterocycles. The van der Waals surface area contributed by atoms with Crippen molar-refractivity contribution in [3.8, 4) is 0 Å². The molecule has 2 rings (SSSR count). The Morgan fingerprint density at radius 1 is 0.840 bits per heavy atom. The van der Waals surface area contributed by atoms with E-state index < -0.39 is 72.6 Å². The maximum atomic E-state index is 13.8. The summed E-state index contributed by atoms with van der Waals surface area (Å²) >= 11 is 0. The average molecular weight is 702 g/mol. The third kappa shape index (κ3) is 16.3. The summed E-state index contributed by atoms with van der Waals surface area (Å²) in [7, 11) is 0. The second kappa shape index (κ2) is 21.7. The highest BCUT2D eigenvalue weighted by Gasteiger charge is 2.33. The number of aliphatic carboxylic acids is 1. The molecule has 17 heteroatoms. The number of nitrogens with one attached hydrogen (secondary N) is 6. The van der Waals surface area contributed by atoms with Gasteiger partial charge in [0.2, 0.25) is 35.4 Å². The van der Waals surface area contributed by atoms with E-state index in [0.717, 1.165) is 6.42 Å². The number of carboxylic acid groups (broad SMARTS) is 1. The molecule has 4 atom stereocenters. The van der Waals surface area contributed by atoms with E-state index in [-0.39, 0.29) is 44.1 Å². The number of benzene rings is 1. The summed E-state index contributed by atoms with van der Waals surface area (Å²) in [6.07, 6.45) is 1.69. The zero-order chi connectivity index (χ0) is 37.1. The third-order valence-electron chi connectivity index (χ3n) is 7.77. The van der Waals surface area contributed by atoms with Gasteiger partial charge in [-0.2, -0.15) is 0 Å². The molecule has 6 amide bonds. The minimum absolute atomic E-state index is 0.0175. The predicted octanol–water partition coefficient (Wildman–Crippen LogP) is -1.45. The first-order valence-corrected chi connectivity index (χ1v) is 16.8. The normalized spacial score (nSPS) is 20.6. The summed E-state index contributed by atoms with van der Waals surface area (Å²) in [4.78, 5) is 94.4. The highest BCUT2D eigenvalue weighted by molar-refractivity contribution is 5.98. The van der Waals surface area contributed by atoms with Gasteiger partial charge in [-0.25, -0.2) is 0 Å². The fourth-order valence-corrected chi connectivity index (χ4v) is 5.05. The Kier molecular flexibility index (Phi) is 17.8. The smallest absolute Gasteiger partial charge is 0.305 e. The lowest BCUT2D eigenvalue weighted by molar-refractivity contribution is -0.141. The molecule has 276 valence electrons. The zero-order valence-electron chi connectivity index (χ0n) is 28.7. The van der Waals surface area contributed by atoms with Crippen molar-refractivity contribution in [2.24, 2.45) is 22.4 Å². The number of hydrogen-bond donors (Lipinski definition) is 9. The number of unbranched alkanes of at least 4 members (excludes halogenated alkanes) is 1. The summed E-state index contributed by atoms with van der Waals surface area (Å²) < 4.78 is 0. The van der Waals surface area contributed by atoms with Crippen molar-refractivity contribution in [3.63, 3.8) is 0 Å². The number of nitrogens with two attached hydrogens (primary N) is 2. The van der Waals surface area contributed by atoms with Crippen LogP contribution in [0.4, 0.5) is 0 Å². The largest absolute Gasteiger partial charge is 0.481 e. The minimum atomic E-state index is -1.57. The van der Waals surface area contributed by atoms with Gasteiger partial charge in [-0.05, 0) is 50.0 Å². The van der Waals surface area contributed by atoms with Crippen molar-refractivity contribution in [1.82, 2.24) is 31.9 Å². The van der Waals surface area contributed by atoms with Crippen molar-refractivity contribution in [2.75, 3.05) is 19.6 Å².